The van der Waals surface area contributed by atoms with Crippen molar-refractivity contribution >= 4 is 0 Å². The lowest BCUT2D eigenvalue weighted by Crippen LogP contribution is -2.15. The van der Waals surface area contributed by atoms with Gasteiger partial charge < -0.3 is 14.6 Å². The molecular weight excluding hydrogens is 190 g/mol. The molecule has 0 bridgehead atoms. The quantitative estimate of drug-likeness (QED) is 0.685. The van der Waals surface area contributed by atoms with Crippen molar-refractivity contribution in [2.75, 3.05) is 13.7 Å². The van der Waals surface area contributed by atoms with E-state index in [4.69, 9.17) is 4.74 Å². The van der Waals surface area contributed by atoms with Gasteiger partial charge in [0.05, 0.1) is 12.0 Å². The van der Waals surface area contributed by atoms with Crippen LogP contribution in [0.2, 0.25) is 0 Å². The van der Waals surface area contributed by atoms with Crippen LogP contribution in [0.5, 0.6) is 0 Å². The lowest BCUT2D eigenvalue weighted by atomic mass is 10.4. The maximum absolute atomic E-state index is 5.01. The molecule has 1 aliphatic carbocycles. The standard InChI is InChI=1S/C11H19N3O/c1-15-6-2-5-14-8-11(13-9-14)7-12-10-3-4-10/h8-10,12H,2-7H2,1H3. The first kappa shape index (κ1) is 10.6. The summed E-state index contributed by atoms with van der Waals surface area (Å²) >= 11 is 0. The first-order valence-corrected chi connectivity index (χ1v) is 5.61. The van der Waals surface area contributed by atoms with Crippen molar-refractivity contribution in [2.45, 2.75) is 38.4 Å². The minimum absolute atomic E-state index is 0.753. The molecule has 0 amide bonds. The zero-order valence-electron chi connectivity index (χ0n) is 9.28. The van der Waals surface area contributed by atoms with Gasteiger partial charge in [-0.25, -0.2) is 4.98 Å². The second kappa shape index (κ2) is 5.28. The van der Waals surface area contributed by atoms with E-state index in [-0.39, 0.29) is 0 Å². The summed E-state index contributed by atoms with van der Waals surface area (Å²) in [5, 5.41) is 3.45. The summed E-state index contributed by atoms with van der Waals surface area (Å²) in [6.07, 6.45) is 7.72. The average Bonchev–Trinajstić information content (AvgIpc) is 2.97. The predicted octanol–water partition coefficient (Wildman–Crippen LogP) is 1.17. The zero-order chi connectivity index (χ0) is 10.5. The number of aromatic nitrogens is 2. The molecule has 0 aliphatic heterocycles. The van der Waals surface area contributed by atoms with Crippen LogP contribution in [-0.2, 0) is 17.8 Å². The molecule has 1 aromatic rings. The number of methoxy groups -OCH3 is 1. The van der Waals surface area contributed by atoms with Crippen molar-refractivity contribution in [3.63, 3.8) is 0 Å². The summed E-state index contributed by atoms with van der Waals surface area (Å²) in [6, 6.07) is 0.753. The third kappa shape index (κ3) is 3.64. The Labute approximate surface area is 90.6 Å². The van der Waals surface area contributed by atoms with Gasteiger partial charge in [-0.3, -0.25) is 0 Å². The van der Waals surface area contributed by atoms with Crippen LogP contribution in [0.3, 0.4) is 0 Å². The molecule has 1 N–H and O–H groups in total. The van der Waals surface area contributed by atoms with Gasteiger partial charge in [-0.15, -0.1) is 0 Å². The van der Waals surface area contributed by atoms with Gasteiger partial charge in [0.25, 0.3) is 0 Å². The Morgan fingerprint density at radius 2 is 2.47 bits per heavy atom. The number of hydrogen-bond acceptors (Lipinski definition) is 3. The maximum atomic E-state index is 5.01. The highest BCUT2D eigenvalue weighted by molar-refractivity contribution is 4.97. The lowest BCUT2D eigenvalue weighted by molar-refractivity contribution is 0.190. The fourth-order valence-electron chi connectivity index (χ4n) is 1.55. The molecule has 1 saturated carbocycles. The van der Waals surface area contributed by atoms with Crippen molar-refractivity contribution in [3.8, 4) is 0 Å². The van der Waals surface area contributed by atoms with Gasteiger partial charge in [-0.2, -0.15) is 0 Å². The predicted molar refractivity (Wildman–Crippen MR) is 58.6 cm³/mol. The third-order valence-electron chi connectivity index (χ3n) is 2.60. The molecule has 1 fully saturated rings. The van der Waals surface area contributed by atoms with Gasteiger partial charge in [-0.05, 0) is 19.3 Å². The SMILES string of the molecule is COCCCn1cnc(CNC2CC2)c1. The number of nitrogens with zero attached hydrogens (tertiary/aromatic N) is 2. The zero-order valence-corrected chi connectivity index (χ0v) is 9.28. The molecule has 4 heteroatoms. The Hall–Kier alpha value is -0.870. The summed E-state index contributed by atoms with van der Waals surface area (Å²) < 4.78 is 7.14. The van der Waals surface area contributed by atoms with E-state index in [1.807, 2.05) is 6.33 Å². The molecule has 0 unspecified atom stereocenters. The summed E-state index contributed by atoms with van der Waals surface area (Å²) in [7, 11) is 1.74. The fraction of sp³-hybridized carbons (Fsp3) is 0.727. The van der Waals surface area contributed by atoms with Crippen molar-refractivity contribution in [1.29, 1.82) is 0 Å². The average molecular weight is 209 g/mol. The first-order valence-electron chi connectivity index (χ1n) is 5.61. The highest BCUT2D eigenvalue weighted by Gasteiger charge is 2.20. The van der Waals surface area contributed by atoms with Gasteiger partial charge in [0.15, 0.2) is 0 Å². The Kier molecular flexibility index (Phi) is 3.75. The molecule has 0 aromatic carbocycles. The van der Waals surface area contributed by atoms with Crippen molar-refractivity contribution < 1.29 is 4.74 Å². The molecule has 1 aliphatic rings. The summed E-state index contributed by atoms with van der Waals surface area (Å²) in [4.78, 5) is 4.35. The molecule has 84 valence electrons. The van der Waals surface area contributed by atoms with E-state index in [2.05, 4.69) is 21.1 Å². The Balaban J connectivity index is 1.70. The number of ether oxygens (including phenoxy) is 1. The molecule has 0 spiro atoms. The molecule has 1 heterocycles. The molecule has 0 atom stereocenters. The summed E-state index contributed by atoms with van der Waals surface area (Å²) in [5.74, 6) is 0. The Bertz CT molecular complexity index is 294. The molecular formula is C11H19N3O. The normalized spacial score (nSPS) is 15.8. The Morgan fingerprint density at radius 1 is 1.60 bits per heavy atom. The minimum atomic E-state index is 0.753. The second-order valence-electron chi connectivity index (χ2n) is 4.10. The van der Waals surface area contributed by atoms with Crippen molar-refractivity contribution in [1.82, 2.24) is 14.9 Å². The molecule has 2 rings (SSSR count). The van der Waals surface area contributed by atoms with E-state index in [0.717, 1.165) is 37.9 Å². The smallest absolute Gasteiger partial charge is 0.0949 e. The summed E-state index contributed by atoms with van der Waals surface area (Å²) in [6.45, 7) is 2.71. The van der Waals surface area contributed by atoms with E-state index in [1.165, 1.54) is 12.8 Å². The lowest BCUT2D eigenvalue weighted by Gasteiger charge is -2.00. The molecule has 0 saturated heterocycles. The number of aryl methyl sites for hydroxylation is 1. The van der Waals surface area contributed by atoms with Crippen LogP contribution in [0, 0.1) is 0 Å². The third-order valence-corrected chi connectivity index (χ3v) is 2.60. The van der Waals surface area contributed by atoms with Crippen LogP contribution in [0.15, 0.2) is 12.5 Å². The minimum Gasteiger partial charge on any atom is -0.385 e. The van der Waals surface area contributed by atoms with Gasteiger partial charge >= 0.3 is 0 Å². The van der Waals surface area contributed by atoms with Crippen LogP contribution in [0.1, 0.15) is 25.0 Å². The molecule has 0 radical (unpaired) electrons. The maximum Gasteiger partial charge on any atom is 0.0949 e. The van der Waals surface area contributed by atoms with Crippen LogP contribution in [0.25, 0.3) is 0 Å². The van der Waals surface area contributed by atoms with E-state index in [9.17, 15) is 0 Å². The van der Waals surface area contributed by atoms with Gasteiger partial charge in [0.2, 0.25) is 0 Å². The van der Waals surface area contributed by atoms with Crippen LogP contribution in [-0.4, -0.2) is 29.3 Å². The van der Waals surface area contributed by atoms with E-state index in [1.54, 1.807) is 7.11 Å². The Morgan fingerprint density at radius 3 is 3.20 bits per heavy atom. The molecule has 15 heavy (non-hydrogen) atoms. The van der Waals surface area contributed by atoms with Crippen molar-refractivity contribution in [3.05, 3.63) is 18.2 Å². The van der Waals surface area contributed by atoms with Gasteiger partial charge in [0.1, 0.15) is 0 Å². The monoisotopic (exact) mass is 209 g/mol. The topological polar surface area (TPSA) is 39.1 Å². The van der Waals surface area contributed by atoms with E-state index >= 15 is 0 Å². The largest absolute Gasteiger partial charge is 0.385 e. The molecule has 1 aromatic heterocycles. The van der Waals surface area contributed by atoms with Gasteiger partial charge in [0, 0.05) is 39.0 Å². The summed E-state index contributed by atoms with van der Waals surface area (Å²) in [5.41, 5.74) is 1.14. The highest BCUT2D eigenvalue weighted by atomic mass is 16.5. The van der Waals surface area contributed by atoms with Crippen LogP contribution >= 0.6 is 0 Å². The highest BCUT2D eigenvalue weighted by Crippen LogP contribution is 2.18. The number of rotatable bonds is 7. The number of nitrogens with one attached hydrogen (secondary N) is 1. The fourth-order valence-corrected chi connectivity index (χ4v) is 1.55. The molecule has 4 nitrogen and oxygen atoms in total. The van der Waals surface area contributed by atoms with E-state index < -0.39 is 0 Å². The number of imidazole rings is 1. The van der Waals surface area contributed by atoms with E-state index in [0.29, 0.717) is 0 Å². The van der Waals surface area contributed by atoms with Crippen molar-refractivity contribution in [2.24, 2.45) is 0 Å². The van der Waals surface area contributed by atoms with Gasteiger partial charge in [-0.1, -0.05) is 0 Å². The second-order valence-corrected chi connectivity index (χ2v) is 4.10. The van der Waals surface area contributed by atoms with Crippen LogP contribution < -0.4 is 5.32 Å². The first-order chi connectivity index (χ1) is 7.38. The van der Waals surface area contributed by atoms with Crippen LogP contribution in [0.4, 0.5) is 0 Å². The number of hydrogen-bond donors (Lipinski definition) is 1.